The molecule has 0 radical (unpaired) electrons. The van der Waals surface area contributed by atoms with E-state index < -0.39 is 0 Å². The molecule has 15 heavy (non-hydrogen) atoms. The van der Waals surface area contributed by atoms with Crippen molar-refractivity contribution in [1.29, 1.82) is 0 Å². The highest BCUT2D eigenvalue weighted by molar-refractivity contribution is 5.08. The van der Waals surface area contributed by atoms with Gasteiger partial charge < -0.3 is 19.6 Å². The molecule has 86 valence electrons. The molecule has 0 aliphatic carbocycles. The van der Waals surface area contributed by atoms with Gasteiger partial charge in [0.15, 0.2) is 0 Å². The molecule has 1 aromatic rings. The lowest BCUT2D eigenvalue weighted by atomic mass is 10.3. The van der Waals surface area contributed by atoms with E-state index in [1.807, 2.05) is 26.0 Å². The first-order valence-corrected chi connectivity index (χ1v) is 5.23. The summed E-state index contributed by atoms with van der Waals surface area (Å²) in [6.45, 7) is 6.10. The Labute approximate surface area is 90.3 Å². The lowest BCUT2D eigenvalue weighted by Gasteiger charge is -2.13. The molecule has 0 amide bonds. The van der Waals surface area contributed by atoms with Crippen molar-refractivity contribution in [3.05, 3.63) is 23.7 Å². The van der Waals surface area contributed by atoms with E-state index in [-0.39, 0.29) is 6.10 Å². The van der Waals surface area contributed by atoms with E-state index in [0.717, 1.165) is 11.5 Å². The number of furan rings is 1. The molecule has 0 aliphatic rings. The van der Waals surface area contributed by atoms with Crippen molar-refractivity contribution in [2.24, 2.45) is 5.73 Å². The summed E-state index contributed by atoms with van der Waals surface area (Å²) in [4.78, 5) is 0. The Hall–Kier alpha value is -0.840. The van der Waals surface area contributed by atoms with Gasteiger partial charge in [0.2, 0.25) is 0 Å². The van der Waals surface area contributed by atoms with E-state index in [2.05, 4.69) is 0 Å². The summed E-state index contributed by atoms with van der Waals surface area (Å²) in [7, 11) is 0. The van der Waals surface area contributed by atoms with Gasteiger partial charge in [0.25, 0.3) is 0 Å². The van der Waals surface area contributed by atoms with Crippen LogP contribution in [0, 0.1) is 6.92 Å². The lowest BCUT2D eigenvalue weighted by molar-refractivity contribution is 0.00129. The number of rotatable bonds is 7. The molecular weight excluding hydrogens is 194 g/mol. The van der Waals surface area contributed by atoms with Crippen LogP contribution in [0.5, 0.6) is 0 Å². The van der Waals surface area contributed by atoms with Gasteiger partial charge in [-0.2, -0.15) is 0 Å². The zero-order valence-corrected chi connectivity index (χ0v) is 9.36. The third-order valence-electron chi connectivity index (χ3n) is 2.04. The average Bonchev–Trinajstić information content (AvgIpc) is 2.65. The van der Waals surface area contributed by atoms with Crippen molar-refractivity contribution in [2.75, 3.05) is 26.4 Å². The molecule has 0 aromatic carbocycles. The maximum Gasteiger partial charge on any atom is 0.134 e. The molecule has 1 heterocycles. The number of hydrogen-bond donors (Lipinski definition) is 1. The van der Waals surface area contributed by atoms with Gasteiger partial charge in [-0.1, -0.05) is 0 Å². The van der Waals surface area contributed by atoms with Crippen LogP contribution in [0.1, 0.15) is 24.5 Å². The van der Waals surface area contributed by atoms with Gasteiger partial charge in [0.1, 0.15) is 17.6 Å². The molecule has 1 rings (SSSR count). The summed E-state index contributed by atoms with van der Waals surface area (Å²) in [6, 6.07) is 3.80. The van der Waals surface area contributed by atoms with Gasteiger partial charge in [-0.25, -0.2) is 0 Å². The maximum atomic E-state index is 5.60. The fraction of sp³-hybridized carbons (Fsp3) is 0.636. The second-order valence-corrected chi connectivity index (χ2v) is 3.24. The van der Waals surface area contributed by atoms with Gasteiger partial charge in [0.05, 0.1) is 13.2 Å². The second-order valence-electron chi connectivity index (χ2n) is 3.24. The Morgan fingerprint density at radius 1 is 1.40 bits per heavy atom. The molecule has 0 fully saturated rings. The third kappa shape index (κ3) is 4.03. The minimum atomic E-state index is -0.167. The summed E-state index contributed by atoms with van der Waals surface area (Å²) in [5.41, 5.74) is 5.60. The van der Waals surface area contributed by atoms with Gasteiger partial charge >= 0.3 is 0 Å². The van der Waals surface area contributed by atoms with Gasteiger partial charge in [-0.3, -0.25) is 0 Å². The minimum Gasteiger partial charge on any atom is -0.464 e. The van der Waals surface area contributed by atoms with Crippen molar-refractivity contribution in [2.45, 2.75) is 20.0 Å². The van der Waals surface area contributed by atoms with Crippen molar-refractivity contribution in [1.82, 2.24) is 0 Å². The third-order valence-corrected chi connectivity index (χ3v) is 2.04. The maximum absolute atomic E-state index is 5.60. The predicted molar refractivity (Wildman–Crippen MR) is 57.7 cm³/mol. The molecule has 4 nitrogen and oxygen atoms in total. The summed E-state index contributed by atoms with van der Waals surface area (Å²) in [5, 5.41) is 0. The molecule has 0 spiro atoms. The second kappa shape index (κ2) is 6.61. The van der Waals surface area contributed by atoms with E-state index in [4.69, 9.17) is 19.6 Å². The largest absolute Gasteiger partial charge is 0.464 e. The first-order valence-electron chi connectivity index (χ1n) is 5.23. The predicted octanol–water partition coefficient (Wildman–Crippen LogP) is 1.64. The molecule has 1 unspecified atom stereocenters. The monoisotopic (exact) mass is 213 g/mol. The fourth-order valence-corrected chi connectivity index (χ4v) is 1.29. The van der Waals surface area contributed by atoms with E-state index in [1.165, 1.54) is 0 Å². The highest BCUT2D eigenvalue weighted by Crippen LogP contribution is 2.18. The highest BCUT2D eigenvalue weighted by atomic mass is 16.5. The van der Waals surface area contributed by atoms with Gasteiger partial charge in [0, 0.05) is 13.2 Å². The molecule has 0 saturated heterocycles. The summed E-state index contributed by atoms with van der Waals surface area (Å²) >= 11 is 0. The Morgan fingerprint density at radius 3 is 2.73 bits per heavy atom. The van der Waals surface area contributed by atoms with Crippen molar-refractivity contribution in [3.8, 4) is 0 Å². The van der Waals surface area contributed by atoms with Crippen LogP contribution in [-0.4, -0.2) is 26.4 Å². The molecule has 0 bridgehead atoms. The van der Waals surface area contributed by atoms with E-state index in [1.54, 1.807) is 0 Å². The molecule has 2 N–H and O–H groups in total. The van der Waals surface area contributed by atoms with Gasteiger partial charge in [-0.05, 0) is 26.0 Å². The first kappa shape index (κ1) is 12.2. The van der Waals surface area contributed by atoms with Crippen LogP contribution in [0.2, 0.25) is 0 Å². The molecule has 0 aliphatic heterocycles. The quantitative estimate of drug-likeness (QED) is 0.699. The Bertz CT molecular complexity index is 273. The smallest absolute Gasteiger partial charge is 0.134 e. The Morgan fingerprint density at radius 2 is 2.20 bits per heavy atom. The SMILES string of the molecule is CCOCCOC(CN)c1ccc(C)o1. The zero-order chi connectivity index (χ0) is 11.1. The molecule has 1 aromatic heterocycles. The standard InChI is InChI=1S/C11H19NO3/c1-3-13-6-7-14-11(8-12)10-5-4-9(2)15-10/h4-5,11H,3,6-8,12H2,1-2H3. The molecule has 0 saturated carbocycles. The minimum absolute atomic E-state index is 0.167. The summed E-state index contributed by atoms with van der Waals surface area (Å²) < 4.78 is 16.2. The van der Waals surface area contributed by atoms with Crippen molar-refractivity contribution < 1.29 is 13.9 Å². The Balaban J connectivity index is 2.35. The van der Waals surface area contributed by atoms with Crippen LogP contribution >= 0.6 is 0 Å². The summed E-state index contributed by atoms with van der Waals surface area (Å²) in [6.07, 6.45) is -0.167. The van der Waals surface area contributed by atoms with Gasteiger partial charge in [-0.15, -0.1) is 0 Å². The topological polar surface area (TPSA) is 57.6 Å². The summed E-state index contributed by atoms with van der Waals surface area (Å²) in [5.74, 6) is 1.66. The highest BCUT2D eigenvalue weighted by Gasteiger charge is 2.13. The van der Waals surface area contributed by atoms with Crippen LogP contribution in [0.25, 0.3) is 0 Å². The zero-order valence-electron chi connectivity index (χ0n) is 9.36. The average molecular weight is 213 g/mol. The van der Waals surface area contributed by atoms with Crippen LogP contribution in [0.3, 0.4) is 0 Å². The van der Waals surface area contributed by atoms with E-state index in [9.17, 15) is 0 Å². The number of aryl methyl sites for hydroxylation is 1. The molecule has 1 atom stereocenters. The first-order chi connectivity index (χ1) is 7.27. The van der Waals surface area contributed by atoms with E-state index in [0.29, 0.717) is 26.4 Å². The number of nitrogens with two attached hydrogens (primary N) is 1. The van der Waals surface area contributed by atoms with E-state index >= 15 is 0 Å². The lowest BCUT2D eigenvalue weighted by Crippen LogP contribution is -2.17. The number of hydrogen-bond acceptors (Lipinski definition) is 4. The van der Waals surface area contributed by atoms with Crippen LogP contribution in [0.15, 0.2) is 16.5 Å². The fourth-order valence-electron chi connectivity index (χ4n) is 1.29. The van der Waals surface area contributed by atoms with Crippen LogP contribution < -0.4 is 5.73 Å². The molecular formula is C11H19NO3. The van der Waals surface area contributed by atoms with Crippen molar-refractivity contribution >= 4 is 0 Å². The normalized spacial score (nSPS) is 13.0. The van der Waals surface area contributed by atoms with Crippen LogP contribution in [-0.2, 0) is 9.47 Å². The van der Waals surface area contributed by atoms with Crippen molar-refractivity contribution in [3.63, 3.8) is 0 Å². The molecule has 4 heteroatoms. The Kier molecular flexibility index (Phi) is 5.39. The number of ether oxygens (including phenoxy) is 2. The van der Waals surface area contributed by atoms with Crippen LogP contribution in [0.4, 0.5) is 0 Å².